The number of aromatic nitrogens is 4. The summed E-state index contributed by atoms with van der Waals surface area (Å²) in [5, 5.41) is 8.16. The molecule has 31 heavy (non-hydrogen) atoms. The third-order valence-corrected chi connectivity index (χ3v) is 5.23. The average Bonchev–Trinajstić information content (AvgIpc) is 3.11. The van der Waals surface area contributed by atoms with Crippen molar-refractivity contribution in [3.8, 4) is 11.1 Å². The van der Waals surface area contributed by atoms with Gasteiger partial charge in [-0.05, 0) is 48.4 Å². The lowest BCUT2D eigenvalue weighted by Crippen LogP contribution is -2.28. The summed E-state index contributed by atoms with van der Waals surface area (Å²) in [6.07, 6.45) is 1.51. The Labute approximate surface area is 179 Å². The quantitative estimate of drug-likeness (QED) is 0.534. The molecule has 4 rings (SSSR count). The number of fused-ring (bicyclic) bond motifs is 1. The van der Waals surface area contributed by atoms with Gasteiger partial charge in [0.2, 0.25) is 0 Å². The SMILES string of the molecule is CNc1ncnc2ccc(-c3ccc(F)c(CN(C)C(=O)c4cc(C)nn4C)c3)cc12. The lowest BCUT2D eigenvalue weighted by atomic mass is 10.0. The minimum absolute atomic E-state index is 0.140. The van der Waals surface area contributed by atoms with E-state index in [9.17, 15) is 9.18 Å². The summed E-state index contributed by atoms with van der Waals surface area (Å²) in [6, 6.07) is 12.5. The van der Waals surface area contributed by atoms with Gasteiger partial charge in [-0.25, -0.2) is 14.4 Å². The molecule has 2 aromatic carbocycles. The summed E-state index contributed by atoms with van der Waals surface area (Å²) >= 11 is 0. The fraction of sp³-hybridized carbons (Fsp3) is 0.217. The minimum Gasteiger partial charge on any atom is -0.373 e. The van der Waals surface area contributed by atoms with Gasteiger partial charge in [0.15, 0.2) is 0 Å². The van der Waals surface area contributed by atoms with Crippen molar-refractivity contribution in [3.63, 3.8) is 0 Å². The molecule has 0 unspecified atom stereocenters. The Bertz CT molecular complexity index is 1280. The normalized spacial score (nSPS) is 11.0. The third kappa shape index (κ3) is 3.96. The Morgan fingerprint density at radius 1 is 1.13 bits per heavy atom. The van der Waals surface area contributed by atoms with Gasteiger partial charge in [0.25, 0.3) is 5.91 Å². The first-order valence-electron chi connectivity index (χ1n) is 9.85. The van der Waals surface area contributed by atoms with Gasteiger partial charge in [0, 0.05) is 38.6 Å². The summed E-state index contributed by atoms with van der Waals surface area (Å²) < 4.78 is 16.1. The van der Waals surface area contributed by atoms with Crippen LogP contribution < -0.4 is 5.32 Å². The number of nitrogens with zero attached hydrogens (tertiary/aromatic N) is 5. The summed E-state index contributed by atoms with van der Waals surface area (Å²) in [7, 11) is 5.18. The number of hydrogen-bond donors (Lipinski definition) is 1. The molecule has 1 amide bonds. The molecule has 158 valence electrons. The smallest absolute Gasteiger partial charge is 0.272 e. The van der Waals surface area contributed by atoms with Crippen LogP contribution in [0.4, 0.5) is 10.2 Å². The van der Waals surface area contributed by atoms with Crippen molar-refractivity contribution >= 4 is 22.6 Å². The molecule has 0 saturated heterocycles. The first-order chi connectivity index (χ1) is 14.9. The van der Waals surface area contributed by atoms with E-state index in [0.717, 1.165) is 33.5 Å². The standard InChI is InChI=1S/C23H23FN6O/c1-14-9-21(30(4)28-14)23(31)29(3)12-17-10-15(5-7-19(17)24)16-6-8-20-18(11-16)22(25-2)27-13-26-20/h5-11,13H,12H2,1-4H3,(H,25,26,27). The third-order valence-electron chi connectivity index (χ3n) is 5.23. The zero-order valence-corrected chi connectivity index (χ0v) is 17.8. The van der Waals surface area contributed by atoms with Crippen LogP contribution in [-0.2, 0) is 13.6 Å². The molecule has 2 heterocycles. The zero-order valence-electron chi connectivity index (χ0n) is 17.8. The number of amides is 1. The molecule has 0 aliphatic rings. The van der Waals surface area contributed by atoms with Gasteiger partial charge in [-0.2, -0.15) is 5.10 Å². The highest BCUT2D eigenvalue weighted by molar-refractivity contribution is 5.93. The van der Waals surface area contributed by atoms with Gasteiger partial charge >= 0.3 is 0 Å². The summed E-state index contributed by atoms with van der Waals surface area (Å²) in [4.78, 5) is 22.8. The number of hydrogen-bond acceptors (Lipinski definition) is 5. The lowest BCUT2D eigenvalue weighted by Gasteiger charge is -2.18. The van der Waals surface area contributed by atoms with Gasteiger partial charge in [0.1, 0.15) is 23.7 Å². The molecule has 0 aliphatic heterocycles. The molecule has 0 saturated carbocycles. The van der Waals surface area contributed by atoms with E-state index in [2.05, 4.69) is 20.4 Å². The molecule has 1 N–H and O–H groups in total. The van der Waals surface area contributed by atoms with E-state index in [0.29, 0.717) is 11.3 Å². The number of carbonyl (C=O) groups is 1. The summed E-state index contributed by atoms with van der Waals surface area (Å²) in [5.74, 6) is 0.157. The minimum atomic E-state index is -0.357. The predicted octanol–water partition coefficient (Wildman–Crippen LogP) is 3.79. The monoisotopic (exact) mass is 418 g/mol. The van der Waals surface area contributed by atoms with E-state index >= 15 is 0 Å². The molecule has 7 nitrogen and oxygen atoms in total. The number of nitrogens with one attached hydrogen (secondary N) is 1. The first-order valence-corrected chi connectivity index (χ1v) is 9.85. The number of halogens is 1. The number of carbonyl (C=O) groups excluding carboxylic acids is 1. The first kappa shape index (κ1) is 20.5. The molecule has 0 atom stereocenters. The lowest BCUT2D eigenvalue weighted by molar-refractivity contribution is 0.0773. The number of anilines is 1. The fourth-order valence-corrected chi connectivity index (χ4v) is 3.64. The molecule has 0 bridgehead atoms. The van der Waals surface area contributed by atoms with Gasteiger partial charge in [-0.1, -0.05) is 12.1 Å². The zero-order chi connectivity index (χ0) is 22.1. The van der Waals surface area contributed by atoms with Crippen molar-refractivity contribution in [1.82, 2.24) is 24.6 Å². The Balaban J connectivity index is 1.65. The number of aryl methyl sites for hydroxylation is 2. The maximum absolute atomic E-state index is 14.6. The second-order valence-electron chi connectivity index (χ2n) is 7.47. The van der Waals surface area contributed by atoms with E-state index in [4.69, 9.17) is 0 Å². The van der Waals surface area contributed by atoms with Crippen LogP contribution in [0.25, 0.3) is 22.0 Å². The molecular formula is C23H23FN6O. The van der Waals surface area contributed by atoms with Crippen molar-refractivity contribution in [2.75, 3.05) is 19.4 Å². The van der Waals surface area contributed by atoms with Crippen molar-refractivity contribution in [1.29, 1.82) is 0 Å². The maximum atomic E-state index is 14.6. The van der Waals surface area contributed by atoms with Gasteiger partial charge in [-0.3, -0.25) is 9.48 Å². The van der Waals surface area contributed by atoms with Crippen LogP contribution in [0, 0.1) is 12.7 Å². The molecule has 8 heteroatoms. The van der Waals surface area contributed by atoms with Crippen molar-refractivity contribution in [3.05, 3.63) is 71.6 Å². The second kappa shape index (κ2) is 8.14. The van der Waals surface area contributed by atoms with Crippen molar-refractivity contribution in [2.24, 2.45) is 7.05 Å². The maximum Gasteiger partial charge on any atom is 0.272 e. The number of rotatable bonds is 5. The van der Waals surface area contributed by atoms with Gasteiger partial charge < -0.3 is 10.2 Å². The predicted molar refractivity (Wildman–Crippen MR) is 118 cm³/mol. The van der Waals surface area contributed by atoms with Gasteiger partial charge in [-0.15, -0.1) is 0 Å². The van der Waals surface area contributed by atoms with Gasteiger partial charge in [0.05, 0.1) is 11.2 Å². The summed E-state index contributed by atoms with van der Waals surface area (Å²) in [5.41, 5.74) is 4.24. The Hall–Kier alpha value is -3.81. The second-order valence-corrected chi connectivity index (χ2v) is 7.47. The molecule has 2 aromatic heterocycles. The van der Waals surface area contributed by atoms with Crippen LogP contribution in [-0.4, -0.2) is 44.7 Å². The van der Waals surface area contributed by atoms with Crippen LogP contribution in [0.15, 0.2) is 48.8 Å². The molecule has 0 radical (unpaired) electrons. The average molecular weight is 418 g/mol. The van der Waals surface area contributed by atoms with Crippen molar-refractivity contribution in [2.45, 2.75) is 13.5 Å². The van der Waals surface area contributed by atoms with E-state index < -0.39 is 0 Å². The molecular weight excluding hydrogens is 395 g/mol. The van der Waals surface area contributed by atoms with E-state index in [1.165, 1.54) is 22.0 Å². The molecule has 4 aromatic rings. The largest absolute Gasteiger partial charge is 0.373 e. The van der Waals surface area contributed by atoms with E-state index in [1.54, 1.807) is 39.3 Å². The highest BCUT2D eigenvalue weighted by atomic mass is 19.1. The van der Waals surface area contributed by atoms with Crippen LogP contribution in [0.3, 0.4) is 0 Å². The summed E-state index contributed by atoms with van der Waals surface area (Å²) in [6.45, 7) is 1.97. The molecule has 0 spiro atoms. The topological polar surface area (TPSA) is 75.9 Å². The number of benzene rings is 2. The Kier molecular flexibility index (Phi) is 5.37. The Morgan fingerprint density at radius 3 is 2.58 bits per heavy atom. The fourth-order valence-electron chi connectivity index (χ4n) is 3.64. The molecule has 0 aliphatic carbocycles. The van der Waals surface area contributed by atoms with Crippen LogP contribution >= 0.6 is 0 Å². The Morgan fingerprint density at radius 2 is 1.87 bits per heavy atom. The van der Waals surface area contributed by atoms with E-state index in [1.807, 2.05) is 25.1 Å². The molecule has 0 fully saturated rings. The van der Waals surface area contributed by atoms with E-state index in [-0.39, 0.29) is 18.3 Å². The van der Waals surface area contributed by atoms with Crippen molar-refractivity contribution < 1.29 is 9.18 Å². The van der Waals surface area contributed by atoms with Crippen LogP contribution in [0.2, 0.25) is 0 Å². The van der Waals surface area contributed by atoms with Crippen LogP contribution in [0.1, 0.15) is 21.7 Å². The highest BCUT2D eigenvalue weighted by Crippen LogP contribution is 2.28. The van der Waals surface area contributed by atoms with Crippen LogP contribution in [0.5, 0.6) is 0 Å². The highest BCUT2D eigenvalue weighted by Gasteiger charge is 2.18.